The number of fused-ring (bicyclic) bond motifs is 2. The summed E-state index contributed by atoms with van der Waals surface area (Å²) in [7, 11) is 1.51. The Balaban J connectivity index is 1.33. The number of rotatable bonds is 11. The molecule has 7 atom stereocenters. The Bertz CT molecular complexity index is 2220. The molecule has 0 radical (unpaired) electrons. The van der Waals surface area contributed by atoms with Gasteiger partial charge in [-0.1, -0.05) is 79.2 Å². The van der Waals surface area contributed by atoms with E-state index in [9.17, 15) is 14.4 Å². The predicted molar refractivity (Wildman–Crippen MR) is 200 cm³/mol. The molecule has 5 aromatic rings. The third-order valence-corrected chi connectivity index (χ3v) is 10.9. The molecule has 272 valence electrons. The summed E-state index contributed by atoms with van der Waals surface area (Å²) in [6, 6.07) is 18.0. The van der Waals surface area contributed by atoms with Gasteiger partial charge in [0.05, 0.1) is 27.0 Å². The summed E-state index contributed by atoms with van der Waals surface area (Å²) in [4.78, 5) is 56.4. The van der Waals surface area contributed by atoms with Gasteiger partial charge in [0.1, 0.15) is 12.1 Å². The average Bonchev–Trinajstić information content (AvgIpc) is 3.40. The third-order valence-electron chi connectivity index (χ3n) is 9.74. The normalized spacial score (nSPS) is 22.5. The first-order valence-electron chi connectivity index (χ1n) is 17.2. The highest BCUT2D eigenvalue weighted by Crippen LogP contribution is 2.69. The number of nitrogens with two attached hydrogens (primary N) is 2. The molecule has 53 heavy (non-hydrogen) atoms. The lowest BCUT2D eigenvalue weighted by atomic mass is 9.97. The molecule has 2 aromatic carbocycles. The first-order valence-corrected chi connectivity index (χ1v) is 18.4. The number of anilines is 1. The van der Waals surface area contributed by atoms with Crippen LogP contribution in [0.5, 0.6) is 0 Å². The van der Waals surface area contributed by atoms with Crippen LogP contribution in [0.1, 0.15) is 59.7 Å². The van der Waals surface area contributed by atoms with Crippen LogP contribution in [0.25, 0.3) is 11.2 Å². The number of nitrogens with zero attached hydrogens (tertiary/aromatic N) is 4. The van der Waals surface area contributed by atoms with E-state index in [2.05, 4.69) is 32.4 Å². The van der Waals surface area contributed by atoms with Gasteiger partial charge in [-0.15, -0.1) is 11.3 Å². The average molecular weight is 753 g/mol. The van der Waals surface area contributed by atoms with Crippen molar-refractivity contribution in [2.75, 3.05) is 18.9 Å². The van der Waals surface area contributed by atoms with Gasteiger partial charge in [-0.05, 0) is 47.9 Å². The summed E-state index contributed by atoms with van der Waals surface area (Å²) in [5.74, 6) is 4.42. The second-order valence-electron chi connectivity index (χ2n) is 13.0. The Hall–Kier alpha value is -5.33. The highest BCUT2D eigenvalue weighted by molar-refractivity contribution is 7.16. The summed E-state index contributed by atoms with van der Waals surface area (Å²) >= 11 is 7.46. The van der Waals surface area contributed by atoms with Crippen molar-refractivity contribution in [1.29, 1.82) is 0 Å². The molecule has 2 aliphatic carbocycles. The number of imidazole rings is 1. The van der Waals surface area contributed by atoms with Gasteiger partial charge in [-0.25, -0.2) is 24.5 Å². The van der Waals surface area contributed by atoms with Crippen molar-refractivity contribution in [3.8, 4) is 11.8 Å². The number of hydrogen-bond donors (Lipinski definition) is 4. The molecule has 15 heteroatoms. The van der Waals surface area contributed by atoms with Crippen LogP contribution in [0.4, 0.5) is 5.82 Å². The number of carbonyl (C=O) groups excluding carboxylic acids is 3. The number of amides is 1. The highest BCUT2D eigenvalue weighted by Gasteiger charge is 2.78. The second-order valence-corrected chi connectivity index (χ2v) is 14.7. The maximum Gasteiger partial charge on any atom is 0.328 e. The molecule has 3 aromatic heterocycles. The molecular weight excluding hydrogens is 716 g/mol. The lowest BCUT2D eigenvalue weighted by Gasteiger charge is -2.32. The van der Waals surface area contributed by atoms with E-state index >= 15 is 0 Å². The van der Waals surface area contributed by atoms with Crippen molar-refractivity contribution in [2.24, 2.45) is 22.8 Å². The van der Waals surface area contributed by atoms with Crippen LogP contribution in [-0.4, -0.2) is 63.2 Å². The SMILES string of the molecule is CCCNc1nc(C#Cc2ccc(Cl)s2)nc2c1ncn2[C@H]1C(OC(=O)[C@@H](N)c2ccccc2)C(OC(=O)[C@@H](N)c2ccccc2)[C@]2(C(=O)NC)CC12. The second kappa shape index (κ2) is 15.0. The number of halogens is 1. The van der Waals surface area contributed by atoms with Crippen LogP contribution in [0.2, 0.25) is 4.34 Å². The zero-order chi connectivity index (χ0) is 37.3. The minimum atomic E-state index is -1.25. The van der Waals surface area contributed by atoms with Crippen molar-refractivity contribution >= 4 is 57.8 Å². The maximum absolute atomic E-state index is 13.9. The topological polar surface area (TPSA) is 189 Å². The number of esters is 2. The van der Waals surface area contributed by atoms with Crippen LogP contribution in [0.3, 0.4) is 0 Å². The molecule has 7 rings (SSSR count). The largest absolute Gasteiger partial charge is 0.456 e. The molecule has 3 unspecified atom stereocenters. The van der Waals surface area contributed by atoms with Gasteiger partial charge in [0.2, 0.25) is 11.7 Å². The van der Waals surface area contributed by atoms with Crippen molar-refractivity contribution in [3.63, 3.8) is 0 Å². The summed E-state index contributed by atoms with van der Waals surface area (Å²) in [6.07, 6.45) is 0.292. The number of hydrogen-bond acceptors (Lipinski definition) is 12. The minimum Gasteiger partial charge on any atom is -0.456 e. The molecule has 2 fully saturated rings. The molecule has 6 N–H and O–H groups in total. The van der Waals surface area contributed by atoms with Gasteiger partial charge in [-0.3, -0.25) is 4.79 Å². The standard InChI is InChI=1S/C38H37ClN8O5S/c1-3-18-43-33-29-34(46-26(45-33)17-15-23-14-16-25(39)53-23)47(20-44-29)30-24-19-38(24,37(50)42-2)32(52-36(49)28(41)22-12-8-5-9-13-22)31(30)51-35(48)27(40)21-10-6-4-7-11-21/h4-14,16,20,24,27-28,30-32H,3,18-19,40-41H2,1-2H3,(H,42,50)(H,43,45,46)/t24?,27-,28-,30+,31?,32?,38-/m0/s1. The monoisotopic (exact) mass is 752 g/mol. The van der Waals surface area contributed by atoms with Crippen LogP contribution in [-0.2, 0) is 23.9 Å². The Labute approximate surface area is 314 Å². The zero-order valence-corrected chi connectivity index (χ0v) is 30.4. The summed E-state index contributed by atoms with van der Waals surface area (Å²) < 4.78 is 14.8. The Kier molecular flexibility index (Phi) is 10.2. The van der Waals surface area contributed by atoms with E-state index < -0.39 is 53.6 Å². The van der Waals surface area contributed by atoms with Gasteiger partial charge in [0.25, 0.3) is 0 Å². The molecule has 2 saturated carbocycles. The van der Waals surface area contributed by atoms with Crippen LogP contribution in [0, 0.1) is 23.2 Å². The van der Waals surface area contributed by atoms with E-state index in [1.165, 1.54) is 18.4 Å². The number of carbonyl (C=O) groups is 3. The molecule has 0 aliphatic heterocycles. The Morgan fingerprint density at radius 1 is 0.981 bits per heavy atom. The zero-order valence-electron chi connectivity index (χ0n) is 28.9. The molecule has 3 heterocycles. The van der Waals surface area contributed by atoms with E-state index in [0.717, 1.165) is 11.3 Å². The van der Waals surface area contributed by atoms with Crippen LogP contribution >= 0.6 is 22.9 Å². The van der Waals surface area contributed by atoms with Gasteiger partial charge in [0, 0.05) is 19.5 Å². The van der Waals surface area contributed by atoms with Crippen LogP contribution in [0.15, 0.2) is 79.1 Å². The number of nitrogens with one attached hydrogen (secondary N) is 2. The number of thiophene rings is 1. The fourth-order valence-corrected chi connectivity index (χ4v) is 7.99. The van der Waals surface area contributed by atoms with Crippen molar-refractivity contribution in [1.82, 2.24) is 24.8 Å². The lowest BCUT2D eigenvalue weighted by Crippen LogP contribution is -2.47. The van der Waals surface area contributed by atoms with E-state index in [1.54, 1.807) is 71.6 Å². The summed E-state index contributed by atoms with van der Waals surface area (Å²) in [5.41, 5.74) is 13.4. The Morgan fingerprint density at radius 3 is 2.25 bits per heavy atom. The van der Waals surface area contributed by atoms with E-state index in [1.807, 2.05) is 19.1 Å². The van der Waals surface area contributed by atoms with Crippen molar-refractivity contribution < 1.29 is 23.9 Å². The fourth-order valence-electron chi connectivity index (χ4n) is 7.09. The van der Waals surface area contributed by atoms with Crippen molar-refractivity contribution in [2.45, 2.75) is 50.1 Å². The van der Waals surface area contributed by atoms with Gasteiger partial charge >= 0.3 is 11.9 Å². The van der Waals surface area contributed by atoms with Gasteiger partial charge < -0.3 is 36.1 Å². The summed E-state index contributed by atoms with van der Waals surface area (Å²) in [6.45, 7) is 2.63. The lowest BCUT2D eigenvalue weighted by molar-refractivity contribution is -0.176. The molecule has 2 aliphatic rings. The fraction of sp³-hybridized carbons (Fsp3) is 0.316. The quantitative estimate of drug-likeness (QED) is 0.111. The molecular formula is C38H37ClN8O5S. The van der Waals surface area contributed by atoms with E-state index in [0.29, 0.717) is 45.4 Å². The van der Waals surface area contributed by atoms with E-state index in [-0.39, 0.29) is 11.7 Å². The molecule has 0 spiro atoms. The molecule has 13 nitrogen and oxygen atoms in total. The first kappa shape index (κ1) is 36.0. The number of benzene rings is 2. The number of aromatic nitrogens is 4. The smallest absolute Gasteiger partial charge is 0.328 e. The van der Waals surface area contributed by atoms with E-state index in [4.69, 9.17) is 37.5 Å². The molecule has 0 saturated heterocycles. The predicted octanol–water partition coefficient (Wildman–Crippen LogP) is 4.29. The minimum absolute atomic E-state index is 0.213. The molecule has 0 bridgehead atoms. The van der Waals surface area contributed by atoms with Gasteiger partial charge in [0.15, 0.2) is 29.2 Å². The van der Waals surface area contributed by atoms with Crippen LogP contribution < -0.4 is 22.1 Å². The molecule has 1 amide bonds. The van der Waals surface area contributed by atoms with Crippen molar-refractivity contribution in [3.05, 3.63) is 105 Å². The Morgan fingerprint density at radius 2 is 1.64 bits per heavy atom. The maximum atomic E-state index is 13.9. The third kappa shape index (κ3) is 6.84. The summed E-state index contributed by atoms with van der Waals surface area (Å²) in [5, 5.41) is 6.06. The first-order chi connectivity index (χ1) is 25.7. The van der Waals surface area contributed by atoms with Gasteiger partial charge in [-0.2, -0.15) is 0 Å². The highest BCUT2D eigenvalue weighted by atomic mass is 35.5. The number of ether oxygens (including phenoxy) is 2.